The molecule has 21 heavy (non-hydrogen) atoms. The monoisotopic (exact) mass is 317 g/mol. The van der Waals surface area contributed by atoms with Gasteiger partial charge in [0, 0.05) is 25.8 Å². The van der Waals surface area contributed by atoms with Crippen LogP contribution >= 0.6 is 0 Å². The third kappa shape index (κ3) is 5.82. The van der Waals surface area contributed by atoms with Gasteiger partial charge in [-0.3, -0.25) is 4.79 Å². The predicted octanol–water partition coefficient (Wildman–Crippen LogP) is -0.668. The molecule has 0 aromatic carbocycles. The number of carbonyl (C=O) groups is 1. The lowest BCUT2D eigenvalue weighted by atomic mass is 10.1. The lowest BCUT2D eigenvalue weighted by molar-refractivity contribution is -0.120. The molecule has 1 aromatic heterocycles. The molecule has 0 aliphatic rings. The van der Waals surface area contributed by atoms with Gasteiger partial charge in [-0.1, -0.05) is 19.8 Å². The average Bonchev–Trinajstić information content (AvgIpc) is 2.88. The summed E-state index contributed by atoms with van der Waals surface area (Å²) in [5, 5.41) is 2.60. The summed E-state index contributed by atoms with van der Waals surface area (Å²) in [6, 6.07) is -0.128. The molecule has 0 spiro atoms. The van der Waals surface area contributed by atoms with E-state index in [4.69, 9.17) is 5.73 Å². The molecule has 0 saturated carbocycles. The second-order valence-corrected chi connectivity index (χ2v) is 6.56. The van der Waals surface area contributed by atoms with Gasteiger partial charge in [0.15, 0.2) is 5.03 Å². The fraction of sp³-hybridized carbons (Fsp3) is 0.667. The Hall–Kier alpha value is -1.45. The highest BCUT2D eigenvalue weighted by Gasteiger charge is 2.19. The van der Waals surface area contributed by atoms with Crippen LogP contribution in [0.25, 0.3) is 0 Å². The van der Waals surface area contributed by atoms with Crippen LogP contribution in [0.5, 0.6) is 0 Å². The number of unbranched alkanes of at least 4 members (excludes halogenated alkanes) is 1. The van der Waals surface area contributed by atoms with Crippen molar-refractivity contribution in [3.8, 4) is 0 Å². The maximum absolute atomic E-state index is 11.9. The van der Waals surface area contributed by atoms with E-state index in [1.807, 2.05) is 0 Å². The normalized spacial score (nSPS) is 13.1. The number of aryl methyl sites for hydroxylation is 1. The van der Waals surface area contributed by atoms with Crippen LogP contribution in [0.1, 0.15) is 26.2 Å². The smallest absolute Gasteiger partial charge is 0.260 e. The zero-order valence-corrected chi connectivity index (χ0v) is 13.2. The molecule has 0 radical (unpaired) electrons. The third-order valence-electron chi connectivity index (χ3n) is 2.94. The summed E-state index contributed by atoms with van der Waals surface area (Å²) in [5.74, 6) is -0.402. The molecule has 9 heteroatoms. The second kappa shape index (κ2) is 8.11. The van der Waals surface area contributed by atoms with Gasteiger partial charge in [0.05, 0.1) is 12.9 Å². The van der Waals surface area contributed by atoms with Gasteiger partial charge in [-0.15, -0.1) is 0 Å². The minimum absolute atomic E-state index is 0.112. The average molecular weight is 317 g/mol. The Morgan fingerprint density at radius 1 is 1.52 bits per heavy atom. The highest BCUT2D eigenvalue weighted by atomic mass is 32.2. The van der Waals surface area contributed by atoms with Crippen molar-refractivity contribution < 1.29 is 13.2 Å². The van der Waals surface area contributed by atoms with E-state index in [9.17, 15) is 13.2 Å². The zero-order chi connectivity index (χ0) is 15.9. The predicted molar refractivity (Wildman–Crippen MR) is 78.9 cm³/mol. The molecule has 1 unspecified atom stereocenters. The summed E-state index contributed by atoms with van der Waals surface area (Å²) in [6.45, 7) is 2.05. The molecule has 1 amide bonds. The number of carbonyl (C=O) groups excluding carboxylic acids is 1. The first-order valence-corrected chi connectivity index (χ1v) is 8.34. The lowest BCUT2D eigenvalue weighted by Gasteiger charge is -2.16. The number of nitrogens with two attached hydrogens (primary N) is 1. The first-order valence-electron chi connectivity index (χ1n) is 6.86. The summed E-state index contributed by atoms with van der Waals surface area (Å²) < 4.78 is 27.5. The standard InChI is InChI=1S/C12H23N5O3S/c1-3-4-5-10(6-13)16-11(18)7-15-21(19,20)12-8-17(2)9-14-12/h8-10,15H,3-7,13H2,1-2H3,(H,16,18). The van der Waals surface area contributed by atoms with Gasteiger partial charge in [0.25, 0.3) is 10.0 Å². The zero-order valence-electron chi connectivity index (χ0n) is 12.4. The highest BCUT2D eigenvalue weighted by molar-refractivity contribution is 7.89. The van der Waals surface area contributed by atoms with E-state index in [0.717, 1.165) is 19.3 Å². The molecule has 120 valence electrons. The molecule has 1 aromatic rings. The van der Waals surface area contributed by atoms with Crippen molar-refractivity contribution in [3.05, 3.63) is 12.5 Å². The van der Waals surface area contributed by atoms with E-state index in [0.29, 0.717) is 6.54 Å². The Bertz CT molecular complexity index is 555. The summed E-state index contributed by atoms with van der Waals surface area (Å²) in [5.41, 5.74) is 5.57. The van der Waals surface area contributed by atoms with Crippen LogP contribution in [-0.4, -0.2) is 43.0 Å². The molecule has 8 nitrogen and oxygen atoms in total. The number of hydrogen-bond donors (Lipinski definition) is 3. The minimum atomic E-state index is -3.77. The molecule has 4 N–H and O–H groups in total. The van der Waals surface area contributed by atoms with Crippen LogP contribution in [-0.2, 0) is 21.9 Å². The van der Waals surface area contributed by atoms with E-state index in [1.54, 1.807) is 7.05 Å². The quantitative estimate of drug-likeness (QED) is 0.558. The van der Waals surface area contributed by atoms with Gasteiger partial charge in [-0.05, 0) is 6.42 Å². The van der Waals surface area contributed by atoms with E-state index < -0.39 is 15.9 Å². The summed E-state index contributed by atoms with van der Waals surface area (Å²) in [6.07, 6.45) is 5.50. The number of imidazole rings is 1. The van der Waals surface area contributed by atoms with Crippen LogP contribution in [0.2, 0.25) is 0 Å². The van der Waals surface area contributed by atoms with Crippen molar-refractivity contribution in [1.82, 2.24) is 19.6 Å². The fourth-order valence-corrected chi connectivity index (χ4v) is 2.70. The van der Waals surface area contributed by atoms with Crippen molar-refractivity contribution in [3.63, 3.8) is 0 Å². The Kier molecular flexibility index (Phi) is 6.79. The summed E-state index contributed by atoms with van der Waals surface area (Å²) >= 11 is 0. The fourth-order valence-electron chi connectivity index (χ4n) is 1.74. The number of sulfonamides is 1. The Balaban J connectivity index is 2.48. The molecule has 0 saturated heterocycles. The van der Waals surface area contributed by atoms with Crippen LogP contribution in [0, 0.1) is 0 Å². The van der Waals surface area contributed by atoms with Crippen LogP contribution < -0.4 is 15.8 Å². The van der Waals surface area contributed by atoms with Gasteiger partial charge < -0.3 is 15.6 Å². The maximum atomic E-state index is 11.9. The van der Waals surface area contributed by atoms with Gasteiger partial charge in [-0.2, -0.15) is 0 Å². The Labute approximate surface area is 125 Å². The van der Waals surface area contributed by atoms with Gasteiger partial charge in [-0.25, -0.2) is 18.1 Å². The van der Waals surface area contributed by atoms with Gasteiger partial charge in [0.1, 0.15) is 0 Å². The van der Waals surface area contributed by atoms with Crippen LogP contribution in [0.15, 0.2) is 17.6 Å². The number of nitrogens with zero attached hydrogens (tertiary/aromatic N) is 2. The number of nitrogens with one attached hydrogen (secondary N) is 2. The van der Waals surface area contributed by atoms with Crippen molar-refractivity contribution in [2.75, 3.05) is 13.1 Å². The third-order valence-corrected chi connectivity index (χ3v) is 4.22. The van der Waals surface area contributed by atoms with E-state index >= 15 is 0 Å². The van der Waals surface area contributed by atoms with Crippen LogP contribution in [0.4, 0.5) is 0 Å². The molecular formula is C12H23N5O3S. The summed E-state index contributed by atoms with van der Waals surface area (Å²) in [4.78, 5) is 15.5. The first-order chi connectivity index (χ1) is 9.89. The molecule has 0 aliphatic carbocycles. The number of rotatable bonds is 9. The number of amides is 1. The first kappa shape index (κ1) is 17.6. The Morgan fingerprint density at radius 2 is 2.24 bits per heavy atom. The molecule has 0 fully saturated rings. The lowest BCUT2D eigenvalue weighted by Crippen LogP contribution is -2.45. The maximum Gasteiger partial charge on any atom is 0.260 e. The Morgan fingerprint density at radius 3 is 2.76 bits per heavy atom. The number of hydrogen-bond acceptors (Lipinski definition) is 5. The molecule has 1 rings (SSSR count). The molecular weight excluding hydrogens is 294 g/mol. The van der Waals surface area contributed by atoms with Crippen molar-refractivity contribution in [1.29, 1.82) is 0 Å². The van der Waals surface area contributed by atoms with Crippen molar-refractivity contribution >= 4 is 15.9 Å². The SMILES string of the molecule is CCCCC(CN)NC(=O)CNS(=O)(=O)c1cn(C)cn1. The molecule has 1 atom stereocenters. The number of aromatic nitrogens is 2. The van der Waals surface area contributed by atoms with E-state index in [2.05, 4.69) is 21.9 Å². The molecule has 0 aliphatic heterocycles. The van der Waals surface area contributed by atoms with Gasteiger partial charge >= 0.3 is 0 Å². The van der Waals surface area contributed by atoms with Crippen molar-refractivity contribution in [2.24, 2.45) is 12.8 Å². The highest BCUT2D eigenvalue weighted by Crippen LogP contribution is 2.03. The summed E-state index contributed by atoms with van der Waals surface area (Å²) in [7, 11) is -2.10. The second-order valence-electron chi connectivity index (χ2n) is 4.84. The van der Waals surface area contributed by atoms with Crippen LogP contribution in [0.3, 0.4) is 0 Å². The molecule has 0 bridgehead atoms. The topological polar surface area (TPSA) is 119 Å². The van der Waals surface area contributed by atoms with E-state index in [-0.39, 0.29) is 17.6 Å². The molecule has 1 heterocycles. The van der Waals surface area contributed by atoms with Crippen molar-refractivity contribution in [2.45, 2.75) is 37.3 Å². The van der Waals surface area contributed by atoms with Gasteiger partial charge in [0.2, 0.25) is 5.91 Å². The largest absolute Gasteiger partial charge is 0.351 e. The van der Waals surface area contributed by atoms with E-state index in [1.165, 1.54) is 17.1 Å². The minimum Gasteiger partial charge on any atom is -0.351 e.